The Morgan fingerprint density at radius 2 is 1.89 bits per heavy atom. The van der Waals surface area contributed by atoms with Crippen molar-refractivity contribution in [2.24, 2.45) is 0 Å². The molecule has 2 rings (SSSR count). The van der Waals surface area contributed by atoms with Gasteiger partial charge in [-0.3, -0.25) is 0 Å². The summed E-state index contributed by atoms with van der Waals surface area (Å²) in [5.41, 5.74) is 1.48. The maximum absolute atomic E-state index is 4.97. The number of nitrogens with one attached hydrogen (secondary N) is 1. The van der Waals surface area contributed by atoms with Gasteiger partial charge in [0.05, 0.1) is 11.2 Å². The summed E-state index contributed by atoms with van der Waals surface area (Å²) in [5, 5.41) is 5.09. The van der Waals surface area contributed by atoms with Crippen LogP contribution in [0.4, 0.5) is 0 Å². The molecule has 3 heteroatoms. The van der Waals surface area contributed by atoms with Crippen molar-refractivity contribution in [1.82, 2.24) is 10.3 Å². The van der Waals surface area contributed by atoms with E-state index in [0.29, 0.717) is 6.04 Å². The van der Waals surface area contributed by atoms with Crippen molar-refractivity contribution >= 4 is 11.3 Å². The summed E-state index contributed by atoms with van der Waals surface area (Å²) in [5.74, 6) is 0. The van der Waals surface area contributed by atoms with E-state index >= 15 is 0 Å². The predicted octanol–water partition coefficient (Wildman–Crippen LogP) is 4.04. The van der Waals surface area contributed by atoms with Gasteiger partial charge in [0.1, 0.15) is 5.01 Å². The lowest BCUT2D eigenvalue weighted by Crippen LogP contribution is -2.45. The molecule has 1 aliphatic rings. The number of aromatic nitrogens is 1. The number of aryl methyl sites for hydroxylation is 2. The first-order valence-corrected chi connectivity index (χ1v) is 8.19. The van der Waals surface area contributed by atoms with Crippen LogP contribution in [0, 0.1) is 0 Å². The summed E-state index contributed by atoms with van der Waals surface area (Å²) in [7, 11) is 0. The maximum Gasteiger partial charge on any atom is 0.113 e. The molecule has 1 aromatic heterocycles. The van der Waals surface area contributed by atoms with Crippen LogP contribution >= 0.6 is 11.3 Å². The van der Waals surface area contributed by atoms with Crippen LogP contribution in [0.15, 0.2) is 0 Å². The van der Waals surface area contributed by atoms with E-state index in [1.807, 2.05) is 11.3 Å². The van der Waals surface area contributed by atoms with Gasteiger partial charge in [-0.25, -0.2) is 4.98 Å². The zero-order valence-electron chi connectivity index (χ0n) is 12.2. The minimum absolute atomic E-state index is 0.0934. The highest BCUT2D eigenvalue weighted by atomic mass is 32.1. The summed E-state index contributed by atoms with van der Waals surface area (Å²) < 4.78 is 0. The summed E-state index contributed by atoms with van der Waals surface area (Å²) in [4.78, 5) is 6.52. The minimum atomic E-state index is 0.0934. The van der Waals surface area contributed by atoms with Crippen molar-refractivity contribution in [3.63, 3.8) is 0 Å². The lowest BCUT2D eigenvalue weighted by molar-refractivity contribution is 0.281. The number of hydrogen-bond donors (Lipinski definition) is 1. The highest BCUT2D eigenvalue weighted by molar-refractivity contribution is 7.11. The molecule has 18 heavy (non-hydrogen) atoms. The molecule has 0 radical (unpaired) electrons. The third-order valence-electron chi connectivity index (χ3n) is 4.03. The Labute approximate surface area is 115 Å². The van der Waals surface area contributed by atoms with E-state index in [0.717, 1.165) is 12.8 Å². The number of hydrogen-bond acceptors (Lipinski definition) is 3. The average molecular weight is 266 g/mol. The van der Waals surface area contributed by atoms with E-state index in [2.05, 4.69) is 33.0 Å². The van der Waals surface area contributed by atoms with Crippen LogP contribution in [-0.4, -0.2) is 11.0 Å². The molecule has 0 saturated heterocycles. The molecule has 0 aromatic carbocycles. The molecule has 0 aliphatic heterocycles. The fraction of sp³-hybridized carbons (Fsp3) is 0.800. The molecule has 0 atom stereocenters. The van der Waals surface area contributed by atoms with Crippen LogP contribution in [0.2, 0.25) is 0 Å². The van der Waals surface area contributed by atoms with Crippen molar-refractivity contribution in [3.8, 4) is 0 Å². The summed E-state index contributed by atoms with van der Waals surface area (Å²) in [6.07, 6.45) is 7.34. The van der Waals surface area contributed by atoms with Gasteiger partial charge in [-0.15, -0.1) is 11.3 Å². The number of thiazole rings is 1. The molecule has 1 aromatic rings. The topological polar surface area (TPSA) is 24.9 Å². The minimum Gasteiger partial charge on any atom is -0.303 e. The van der Waals surface area contributed by atoms with Gasteiger partial charge in [0.2, 0.25) is 0 Å². The first-order chi connectivity index (χ1) is 8.61. The van der Waals surface area contributed by atoms with Crippen LogP contribution in [0.25, 0.3) is 0 Å². The quantitative estimate of drug-likeness (QED) is 0.870. The second-order valence-corrected chi connectivity index (χ2v) is 6.77. The molecular weight excluding hydrogens is 240 g/mol. The van der Waals surface area contributed by atoms with Crippen molar-refractivity contribution in [2.45, 2.75) is 77.8 Å². The molecule has 0 spiro atoms. The fourth-order valence-corrected chi connectivity index (χ4v) is 4.37. The first kappa shape index (κ1) is 14.0. The molecule has 2 nitrogen and oxygen atoms in total. The van der Waals surface area contributed by atoms with E-state index in [1.54, 1.807) is 4.88 Å². The van der Waals surface area contributed by atoms with E-state index in [1.165, 1.54) is 36.4 Å². The third-order valence-corrected chi connectivity index (χ3v) is 5.39. The van der Waals surface area contributed by atoms with Gasteiger partial charge in [0.25, 0.3) is 0 Å². The number of nitrogens with zero attached hydrogens (tertiary/aromatic N) is 1. The van der Waals surface area contributed by atoms with Gasteiger partial charge < -0.3 is 5.32 Å². The van der Waals surface area contributed by atoms with Gasteiger partial charge in [0.15, 0.2) is 0 Å². The van der Waals surface area contributed by atoms with Crippen molar-refractivity contribution in [1.29, 1.82) is 0 Å². The number of fused-ring (bicyclic) bond motifs is 1. The van der Waals surface area contributed by atoms with Crippen LogP contribution in [0.3, 0.4) is 0 Å². The van der Waals surface area contributed by atoms with E-state index in [4.69, 9.17) is 4.98 Å². The van der Waals surface area contributed by atoms with Crippen LogP contribution in [0.5, 0.6) is 0 Å². The van der Waals surface area contributed by atoms with Gasteiger partial charge >= 0.3 is 0 Å². The second-order valence-electron chi connectivity index (χ2n) is 5.68. The fourth-order valence-electron chi connectivity index (χ4n) is 2.93. The smallest absolute Gasteiger partial charge is 0.113 e. The highest BCUT2D eigenvalue weighted by Crippen LogP contribution is 2.36. The van der Waals surface area contributed by atoms with E-state index < -0.39 is 0 Å². The molecule has 102 valence electrons. The SMILES string of the molecule is CCC(CC)(NC(C)C)c1nc2c(s1)CCCC2. The molecule has 0 saturated carbocycles. The molecule has 1 aliphatic carbocycles. The summed E-state index contributed by atoms with van der Waals surface area (Å²) in [6.45, 7) is 9.01. The first-order valence-electron chi connectivity index (χ1n) is 7.38. The van der Waals surface area contributed by atoms with Gasteiger partial charge in [0, 0.05) is 10.9 Å². The molecule has 1 heterocycles. The van der Waals surface area contributed by atoms with Crippen LogP contribution in [0.1, 0.15) is 69.0 Å². The Hall–Kier alpha value is -0.410. The normalized spacial score (nSPS) is 16.1. The Bertz CT molecular complexity index is 368. The molecule has 0 amide bonds. The molecule has 0 fully saturated rings. The largest absolute Gasteiger partial charge is 0.303 e. The number of rotatable bonds is 5. The van der Waals surface area contributed by atoms with Crippen LogP contribution in [-0.2, 0) is 18.4 Å². The zero-order valence-corrected chi connectivity index (χ0v) is 13.0. The van der Waals surface area contributed by atoms with Crippen molar-refractivity contribution < 1.29 is 0 Å². The maximum atomic E-state index is 4.97. The molecule has 0 bridgehead atoms. The predicted molar refractivity (Wildman–Crippen MR) is 79.3 cm³/mol. The second kappa shape index (κ2) is 5.70. The monoisotopic (exact) mass is 266 g/mol. The molecule has 1 N–H and O–H groups in total. The lowest BCUT2D eigenvalue weighted by atomic mass is 9.92. The Balaban J connectivity index is 2.32. The summed E-state index contributed by atoms with van der Waals surface area (Å²) in [6, 6.07) is 0.505. The van der Waals surface area contributed by atoms with Gasteiger partial charge in [-0.2, -0.15) is 0 Å². The third kappa shape index (κ3) is 2.62. The zero-order chi connectivity index (χ0) is 13.2. The lowest BCUT2D eigenvalue weighted by Gasteiger charge is -2.33. The molecule has 0 unspecified atom stereocenters. The van der Waals surface area contributed by atoms with Crippen molar-refractivity contribution in [3.05, 3.63) is 15.6 Å². The van der Waals surface area contributed by atoms with Crippen molar-refractivity contribution in [2.75, 3.05) is 0 Å². The average Bonchev–Trinajstić information content (AvgIpc) is 2.79. The Morgan fingerprint density at radius 1 is 1.22 bits per heavy atom. The standard InChI is InChI=1S/C15H26N2S/c1-5-15(6-2,17-11(3)4)14-16-12-9-7-8-10-13(12)18-14/h11,17H,5-10H2,1-4H3. The summed E-state index contributed by atoms with van der Waals surface area (Å²) >= 11 is 1.96. The van der Waals surface area contributed by atoms with E-state index in [9.17, 15) is 0 Å². The van der Waals surface area contributed by atoms with Gasteiger partial charge in [-0.1, -0.05) is 13.8 Å². The molecular formula is C15H26N2S. The van der Waals surface area contributed by atoms with Crippen LogP contribution < -0.4 is 5.32 Å². The van der Waals surface area contributed by atoms with Gasteiger partial charge in [-0.05, 0) is 52.4 Å². The Kier molecular flexibility index (Phi) is 4.44. The highest BCUT2D eigenvalue weighted by Gasteiger charge is 2.33. The van der Waals surface area contributed by atoms with E-state index in [-0.39, 0.29) is 5.54 Å². The Morgan fingerprint density at radius 3 is 2.44 bits per heavy atom.